The summed E-state index contributed by atoms with van der Waals surface area (Å²) in [5, 5.41) is 0. The van der Waals surface area contributed by atoms with E-state index in [2.05, 4.69) is 6.92 Å². The number of furan rings is 1. The highest BCUT2D eigenvalue weighted by atomic mass is 16.5. The van der Waals surface area contributed by atoms with Gasteiger partial charge in [0, 0.05) is 18.2 Å². The molecule has 2 fully saturated rings. The molecule has 0 aromatic carbocycles. The standard InChI is InChI=1S/C18H29NO2/c1-12-13(2)21-14(3)16(12)17(19)15-7-10-20-18(11-15)8-5-4-6-9-18/h15,17H,4-11,19H2,1-3H3. The topological polar surface area (TPSA) is 48.4 Å². The summed E-state index contributed by atoms with van der Waals surface area (Å²) < 4.78 is 12.0. The van der Waals surface area contributed by atoms with Crippen molar-refractivity contribution < 1.29 is 9.15 Å². The first kappa shape index (κ1) is 15.1. The molecule has 3 rings (SSSR count). The molecule has 1 spiro atoms. The van der Waals surface area contributed by atoms with E-state index in [1.54, 1.807) is 0 Å². The molecule has 1 aliphatic heterocycles. The molecule has 3 heteroatoms. The van der Waals surface area contributed by atoms with Gasteiger partial charge in [0.05, 0.1) is 5.60 Å². The predicted molar refractivity (Wildman–Crippen MR) is 84.3 cm³/mol. The zero-order valence-electron chi connectivity index (χ0n) is 13.7. The van der Waals surface area contributed by atoms with Gasteiger partial charge in [-0.05, 0) is 57.9 Å². The highest BCUT2D eigenvalue weighted by molar-refractivity contribution is 5.34. The van der Waals surface area contributed by atoms with Crippen LogP contribution in [0.25, 0.3) is 0 Å². The summed E-state index contributed by atoms with van der Waals surface area (Å²) in [5.74, 6) is 2.53. The first-order valence-corrected chi connectivity index (χ1v) is 8.48. The minimum atomic E-state index is 0.0881. The Morgan fingerprint density at radius 1 is 1.10 bits per heavy atom. The second kappa shape index (κ2) is 5.77. The molecule has 0 bridgehead atoms. The van der Waals surface area contributed by atoms with Crippen molar-refractivity contribution in [2.75, 3.05) is 6.61 Å². The van der Waals surface area contributed by atoms with Crippen molar-refractivity contribution in [2.24, 2.45) is 11.7 Å². The molecule has 21 heavy (non-hydrogen) atoms. The Bertz CT molecular complexity index is 494. The van der Waals surface area contributed by atoms with Gasteiger partial charge < -0.3 is 14.9 Å². The smallest absolute Gasteiger partial charge is 0.106 e. The third-order valence-corrected chi connectivity index (χ3v) is 5.75. The lowest BCUT2D eigenvalue weighted by molar-refractivity contribution is -0.120. The number of hydrogen-bond acceptors (Lipinski definition) is 3. The Kier molecular flexibility index (Phi) is 4.15. The number of hydrogen-bond donors (Lipinski definition) is 1. The molecule has 2 aliphatic rings. The first-order chi connectivity index (χ1) is 10.0. The third kappa shape index (κ3) is 2.78. The SMILES string of the molecule is Cc1oc(C)c(C(N)C2CCOC3(CCCCC3)C2)c1C. The van der Waals surface area contributed by atoms with Gasteiger partial charge >= 0.3 is 0 Å². The molecular weight excluding hydrogens is 262 g/mol. The fourth-order valence-electron chi connectivity index (χ4n) is 4.45. The molecule has 0 amide bonds. The number of ether oxygens (including phenoxy) is 1. The zero-order chi connectivity index (χ0) is 15.0. The Hall–Kier alpha value is -0.800. The molecule has 1 saturated carbocycles. The van der Waals surface area contributed by atoms with Crippen molar-refractivity contribution in [1.29, 1.82) is 0 Å². The van der Waals surface area contributed by atoms with Gasteiger partial charge in [-0.15, -0.1) is 0 Å². The van der Waals surface area contributed by atoms with Gasteiger partial charge in [-0.1, -0.05) is 19.3 Å². The van der Waals surface area contributed by atoms with Crippen LogP contribution in [0.4, 0.5) is 0 Å². The Morgan fingerprint density at radius 3 is 2.43 bits per heavy atom. The van der Waals surface area contributed by atoms with Gasteiger partial charge in [0.1, 0.15) is 11.5 Å². The average molecular weight is 291 g/mol. The van der Waals surface area contributed by atoms with E-state index < -0.39 is 0 Å². The van der Waals surface area contributed by atoms with Crippen molar-refractivity contribution in [2.45, 2.75) is 77.4 Å². The minimum absolute atomic E-state index is 0.0881. The molecule has 2 unspecified atom stereocenters. The highest BCUT2D eigenvalue weighted by Gasteiger charge is 2.41. The van der Waals surface area contributed by atoms with E-state index in [1.807, 2.05) is 13.8 Å². The summed E-state index contributed by atoms with van der Waals surface area (Å²) in [7, 11) is 0. The van der Waals surface area contributed by atoms with E-state index in [1.165, 1.54) is 43.2 Å². The maximum Gasteiger partial charge on any atom is 0.106 e. The minimum Gasteiger partial charge on any atom is -0.466 e. The van der Waals surface area contributed by atoms with Crippen molar-refractivity contribution in [1.82, 2.24) is 0 Å². The Balaban J connectivity index is 1.79. The van der Waals surface area contributed by atoms with E-state index in [4.69, 9.17) is 14.9 Å². The summed E-state index contributed by atoms with van der Waals surface area (Å²) in [5.41, 5.74) is 9.26. The van der Waals surface area contributed by atoms with Crippen molar-refractivity contribution >= 4 is 0 Å². The molecule has 118 valence electrons. The van der Waals surface area contributed by atoms with Crippen LogP contribution in [0.5, 0.6) is 0 Å². The molecule has 1 saturated heterocycles. The molecule has 1 aromatic heterocycles. The fourth-order valence-corrected chi connectivity index (χ4v) is 4.45. The summed E-state index contributed by atoms with van der Waals surface area (Å²) in [6.07, 6.45) is 8.62. The van der Waals surface area contributed by atoms with Crippen molar-refractivity contribution in [3.05, 3.63) is 22.6 Å². The number of nitrogens with two attached hydrogens (primary N) is 1. The summed E-state index contributed by atoms with van der Waals surface area (Å²) in [6.45, 7) is 7.08. The van der Waals surface area contributed by atoms with Crippen LogP contribution in [0.3, 0.4) is 0 Å². The molecule has 2 atom stereocenters. The number of aryl methyl sites for hydroxylation is 2. The molecular formula is C18H29NO2. The number of rotatable bonds is 2. The van der Waals surface area contributed by atoms with Gasteiger partial charge in [-0.3, -0.25) is 0 Å². The van der Waals surface area contributed by atoms with Crippen molar-refractivity contribution in [3.8, 4) is 0 Å². The van der Waals surface area contributed by atoms with E-state index in [0.29, 0.717) is 5.92 Å². The first-order valence-electron chi connectivity index (χ1n) is 8.48. The van der Waals surface area contributed by atoms with E-state index in [0.717, 1.165) is 31.0 Å². The van der Waals surface area contributed by atoms with Crippen LogP contribution >= 0.6 is 0 Å². The fraction of sp³-hybridized carbons (Fsp3) is 0.778. The van der Waals surface area contributed by atoms with Crippen LogP contribution in [0.15, 0.2) is 4.42 Å². The van der Waals surface area contributed by atoms with Crippen LogP contribution < -0.4 is 5.73 Å². The summed E-state index contributed by atoms with van der Waals surface area (Å²) in [4.78, 5) is 0. The predicted octanol–water partition coefficient (Wildman–Crippen LogP) is 4.33. The average Bonchev–Trinajstić information content (AvgIpc) is 2.72. The van der Waals surface area contributed by atoms with E-state index >= 15 is 0 Å². The third-order valence-electron chi connectivity index (χ3n) is 5.75. The lowest BCUT2D eigenvalue weighted by Crippen LogP contribution is -2.44. The maximum absolute atomic E-state index is 6.66. The van der Waals surface area contributed by atoms with Gasteiger partial charge in [0.15, 0.2) is 0 Å². The molecule has 3 nitrogen and oxygen atoms in total. The van der Waals surface area contributed by atoms with Gasteiger partial charge in [0.25, 0.3) is 0 Å². The molecule has 2 N–H and O–H groups in total. The zero-order valence-corrected chi connectivity index (χ0v) is 13.7. The van der Waals surface area contributed by atoms with E-state index in [9.17, 15) is 0 Å². The molecule has 2 heterocycles. The molecule has 1 aromatic rings. The highest BCUT2D eigenvalue weighted by Crippen LogP contribution is 2.44. The van der Waals surface area contributed by atoms with Gasteiger partial charge in [-0.2, -0.15) is 0 Å². The van der Waals surface area contributed by atoms with Gasteiger partial charge in [0.2, 0.25) is 0 Å². The van der Waals surface area contributed by atoms with Crippen LogP contribution in [0, 0.1) is 26.7 Å². The lowest BCUT2D eigenvalue weighted by atomic mass is 9.73. The second-order valence-electron chi connectivity index (χ2n) is 7.12. The molecule has 0 radical (unpaired) electrons. The van der Waals surface area contributed by atoms with Gasteiger partial charge in [-0.25, -0.2) is 0 Å². The molecule has 1 aliphatic carbocycles. The van der Waals surface area contributed by atoms with E-state index in [-0.39, 0.29) is 11.6 Å². The summed E-state index contributed by atoms with van der Waals surface area (Å²) >= 11 is 0. The monoisotopic (exact) mass is 291 g/mol. The summed E-state index contributed by atoms with van der Waals surface area (Å²) in [6, 6.07) is 0.0881. The normalized spacial score (nSPS) is 27.0. The Morgan fingerprint density at radius 2 is 1.81 bits per heavy atom. The quantitative estimate of drug-likeness (QED) is 0.882. The van der Waals surface area contributed by atoms with Crippen LogP contribution in [-0.4, -0.2) is 12.2 Å². The van der Waals surface area contributed by atoms with Crippen molar-refractivity contribution in [3.63, 3.8) is 0 Å². The van der Waals surface area contributed by atoms with Crippen LogP contribution in [-0.2, 0) is 4.74 Å². The largest absolute Gasteiger partial charge is 0.466 e. The maximum atomic E-state index is 6.66. The Labute approximate surface area is 128 Å². The lowest BCUT2D eigenvalue weighted by Gasteiger charge is -2.45. The van der Waals surface area contributed by atoms with Crippen LogP contribution in [0.1, 0.15) is 73.6 Å². The van der Waals surface area contributed by atoms with Crippen LogP contribution in [0.2, 0.25) is 0 Å². The second-order valence-corrected chi connectivity index (χ2v) is 7.12.